The molecule has 0 unspecified atom stereocenters. The van der Waals surface area contributed by atoms with E-state index in [-0.39, 0.29) is 5.91 Å². The number of morpholine rings is 1. The van der Waals surface area contributed by atoms with E-state index in [1.807, 2.05) is 24.3 Å². The molecule has 1 aliphatic carbocycles. The molecule has 0 radical (unpaired) electrons. The Hall–Kier alpha value is -2.67. The third-order valence-corrected chi connectivity index (χ3v) is 4.50. The molecule has 1 amide bonds. The Morgan fingerprint density at radius 1 is 1.19 bits per heavy atom. The number of nitrogens with zero attached hydrogens (tertiary/aromatic N) is 3. The lowest BCUT2D eigenvalue weighted by atomic mass is 10.2. The summed E-state index contributed by atoms with van der Waals surface area (Å²) in [5.41, 5.74) is 2.16. The first-order valence-corrected chi connectivity index (χ1v) is 9.04. The number of carbonyl (C=O) groups is 1. The van der Waals surface area contributed by atoms with Gasteiger partial charge < -0.3 is 20.3 Å². The summed E-state index contributed by atoms with van der Waals surface area (Å²) in [6.07, 6.45) is 2.30. The topological polar surface area (TPSA) is 79.4 Å². The summed E-state index contributed by atoms with van der Waals surface area (Å²) < 4.78 is 5.42. The van der Waals surface area contributed by atoms with Crippen molar-refractivity contribution in [3.05, 3.63) is 41.9 Å². The normalized spacial score (nSPS) is 17.0. The van der Waals surface area contributed by atoms with Crippen molar-refractivity contribution < 1.29 is 9.53 Å². The molecule has 2 aliphatic rings. The molecule has 1 aromatic heterocycles. The molecule has 26 heavy (non-hydrogen) atoms. The first-order chi connectivity index (χ1) is 12.7. The number of nitrogens with one attached hydrogen (secondary N) is 2. The standard InChI is InChI=1S/C19H23N5O2/c1-13-20-16(12-18(21-13)22-14-6-7-14)19(25)23-15-4-2-3-5-17(15)24-8-10-26-11-9-24/h2-5,12,14H,6-11H2,1H3,(H,23,25)(H,20,21,22). The van der Waals surface area contributed by atoms with Crippen LogP contribution in [0.25, 0.3) is 0 Å². The molecule has 4 rings (SSSR count). The van der Waals surface area contributed by atoms with Crippen LogP contribution >= 0.6 is 0 Å². The maximum absolute atomic E-state index is 12.8. The molecule has 0 atom stereocenters. The Labute approximate surface area is 152 Å². The maximum atomic E-state index is 12.8. The number of rotatable bonds is 5. The van der Waals surface area contributed by atoms with Gasteiger partial charge in [0.25, 0.3) is 5.91 Å². The lowest BCUT2D eigenvalue weighted by Gasteiger charge is -2.30. The lowest BCUT2D eigenvalue weighted by Crippen LogP contribution is -2.36. The van der Waals surface area contributed by atoms with Gasteiger partial charge in [-0.2, -0.15) is 0 Å². The van der Waals surface area contributed by atoms with Crippen LogP contribution in [-0.4, -0.2) is 48.2 Å². The zero-order valence-electron chi connectivity index (χ0n) is 14.9. The summed E-state index contributed by atoms with van der Waals surface area (Å²) in [7, 11) is 0. The van der Waals surface area contributed by atoms with Crippen molar-refractivity contribution in [3.63, 3.8) is 0 Å². The van der Waals surface area contributed by atoms with Gasteiger partial charge in [-0.05, 0) is 31.9 Å². The molecule has 7 heteroatoms. The van der Waals surface area contributed by atoms with Crippen LogP contribution < -0.4 is 15.5 Å². The molecule has 1 aromatic carbocycles. The summed E-state index contributed by atoms with van der Waals surface area (Å²) in [5.74, 6) is 1.07. The highest BCUT2D eigenvalue weighted by Crippen LogP contribution is 2.27. The summed E-state index contributed by atoms with van der Waals surface area (Å²) in [5, 5.41) is 6.33. The van der Waals surface area contributed by atoms with E-state index in [1.54, 1.807) is 13.0 Å². The quantitative estimate of drug-likeness (QED) is 0.860. The molecule has 0 bridgehead atoms. The van der Waals surface area contributed by atoms with Crippen molar-refractivity contribution in [2.75, 3.05) is 41.8 Å². The molecule has 136 valence electrons. The highest BCUT2D eigenvalue weighted by Gasteiger charge is 2.22. The van der Waals surface area contributed by atoms with Crippen LogP contribution in [0.5, 0.6) is 0 Å². The smallest absolute Gasteiger partial charge is 0.274 e. The van der Waals surface area contributed by atoms with Gasteiger partial charge in [0.2, 0.25) is 0 Å². The van der Waals surface area contributed by atoms with Gasteiger partial charge >= 0.3 is 0 Å². The molecule has 2 N–H and O–H groups in total. The highest BCUT2D eigenvalue weighted by atomic mass is 16.5. The van der Waals surface area contributed by atoms with E-state index in [4.69, 9.17) is 4.74 Å². The molecule has 1 aliphatic heterocycles. The van der Waals surface area contributed by atoms with Crippen molar-refractivity contribution in [1.29, 1.82) is 0 Å². The van der Waals surface area contributed by atoms with E-state index < -0.39 is 0 Å². The van der Waals surface area contributed by atoms with Gasteiger partial charge in [0.15, 0.2) is 0 Å². The van der Waals surface area contributed by atoms with Gasteiger partial charge in [-0.3, -0.25) is 4.79 Å². The van der Waals surface area contributed by atoms with Crippen molar-refractivity contribution in [3.8, 4) is 0 Å². The number of hydrogen-bond donors (Lipinski definition) is 2. The second-order valence-corrected chi connectivity index (χ2v) is 6.67. The maximum Gasteiger partial charge on any atom is 0.274 e. The number of aromatic nitrogens is 2. The van der Waals surface area contributed by atoms with Gasteiger partial charge in [-0.15, -0.1) is 0 Å². The number of hydrogen-bond acceptors (Lipinski definition) is 6. The minimum Gasteiger partial charge on any atom is -0.378 e. The van der Waals surface area contributed by atoms with Crippen LogP contribution in [0.3, 0.4) is 0 Å². The van der Waals surface area contributed by atoms with Crippen molar-refractivity contribution >= 4 is 23.1 Å². The van der Waals surface area contributed by atoms with E-state index in [0.717, 1.165) is 37.3 Å². The van der Waals surface area contributed by atoms with E-state index in [9.17, 15) is 4.79 Å². The zero-order chi connectivity index (χ0) is 17.9. The number of para-hydroxylation sites is 2. The Kier molecular flexibility index (Phi) is 4.71. The van der Waals surface area contributed by atoms with Gasteiger partial charge in [0.1, 0.15) is 17.3 Å². The van der Waals surface area contributed by atoms with Crippen molar-refractivity contribution in [1.82, 2.24) is 9.97 Å². The fourth-order valence-electron chi connectivity index (χ4n) is 3.04. The number of carbonyl (C=O) groups excluding carboxylic acids is 1. The van der Waals surface area contributed by atoms with Crippen LogP contribution in [0, 0.1) is 6.92 Å². The number of benzene rings is 1. The predicted molar refractivity (Wildman–Crippen MR) is 101 cm³/mol. The summed E-state index contributed by atoms with van der Waals surface area (Å²) >= 11 is 0. The van der Waals surface area contributed by atoms with Crippen molar-refractivity contribution in [2.24, 2.45) is 0 Å². The molecule has 2 heterocycles. The Balaban J connectivity index is 1.54. The van der Waals surface area contributed by atoms with E-state index >= 15 is 0 Å². The number of anilines is 3. The van der Waals surface area contributed by atoms with Crippen LogP contribution in [0.4, 0.5) is 17.2 Å². The molecule has 2 aromatic rings. The van der Waals surface area contributed by atoms with Crippen LogP contribution in [0.15, 0.2) is 30.3 Å². The van der Waals surface area contributed by atoms with Crippen molar-refractivity contribution in [2.45, 2.75) is 25.8 Å². The zero-order valence-corrected chi connectivity index (χ0v) is 14.9. The Bertz CT molecular complexity index is 800. The fraction of sp³-hybridized carbons (Fsp3) is 0.421. The molecule has 1 saturated carbocycles. The van der Waals surface area contributed by atoms with Gasteiger partial charge in [-0.1, -0.05) is 12.1 Å². The minimum absolute atomic E-state index is 0.227. The molecule has 1 saturated heterocycles. The molecular formula is C19H23N5O2. The number of aryl methyl sites for hydroxylation is 1. The molecule has 7 nitrogen and oxygen atoms in total. The molecule has 2 fully saturated rings. The second kappa shape index (κ2) is 7.29. The van der Waals surface area contributed by atoms with E-state index in [2.05, 4.69) is 25.5 Å². The fourth-order valence-corrected chi connectivity index (χ4v) is 3.04. The largest absolute Gasteiger partial charge is 0.378 e. The third-order valence-electron chi connectivity index (χ3n) is 4.50. The summed E-state index contributed by atoms with van der Waals surface area (Å²) in [6.45, 7) is 4.83. The second-order valence-electron chi connectivity index (χ2n) is 6.67. The van der Waals surface area contributed by atoms with Crippen LogP contribution in [0.2, 0.25) is 0 Å². The predicted octanol–water partition coefficient (Wildman–Crippen LogP) is 2.45. The van der Waals surface area contributed by atoms with Crippen LogP contribution in [-0.2, 0) is 4.74 Å². The number of amides is 1. The van der Waals surface area contributed by atoms with Gasteiger partial charge in [0, 0.05) is 25.2 Å². The third kappa shape index (κ3) is 3.94. The first-order valence-electron chi connectivity index (χ1n) is 9.04. The Morgan fingerprint density at radius 2 is 1.96 bits per heavy atom. The lowest BCUT2D eigenvalue weighted by molar-refractivity contribution is 0.102. The SMILES string of the molecule is Cc1nc(NC2CC2)cc(C(=O)Nc2ccccc2N2CCOCC2)n1. The first kappa shape index (κ1) is 16.8. The summed E-state index contributed by atoms with van der Waals surface area (Å²) in [4.78, 5) is 23.7. The monoisotopic (exact) mass is 353 g/mol. The molecule has 0 spiro atoms. The van der Waals surface area contributed by atoms with E-state index in [1.165, 1.54) is 0 Å². The average molecular weight is 353 g/mol. The van der Waals surface area contributed by atoms with Gasteiger partial charge in [-0.25, -0.2) is 9.97 Å². The van der Waals surface area contributed by atoms with E-state index in [0.29, 0.717) is 36.6 Å². The number of ether oxygens (including phenoxy) is 1. The van der Waals surface area contributed by atoms with Gasteiger partial charge in [0.05, 0.1) is 24.6 Å². The highest BCUT2D eigenvalue weighted by molar-refractivity contribution is 6.05. The van der Waals surface area contributed by atoms with Crippen LogP contribution in [0.1, 0.15) is 29.2 Å². The Morgan fingerprint density at radius 3 is 2.73 bits per heavy atom. The molecular weight excluding hydrogens is 330 g/mol. The minimum atomic E-state index is -0.227. The summed E-state index contributed by atoms with van der Waals surface area (Å²) in [6, 6.07) is 10.0. The average Bonchev–Trinajstić information content (AvgIpc) is 3.46.